The zero-order valence-corrected chi connectivity index (χ0v) is 16.2. The zero-order chi connectivity index (χ0) is 20.1. The van der Waals surface area contributed by atoms with Crippen LogP contribution in [0.25, 0.3) is 0 Å². The number of fused-ring (bicyclic) bond motifs is 1. The fourth-order valence-corrected chi connectivity index (χ4v) is 2.70. The second-order valence-corrected chi connectivity index (χ2v) is 7.35. The van der Waals surface area contributed by atoms with Gasteiger partial charge in [-0.3, -0.25) is 10.2 Å². The maximum absolute atomic E-state index is 12.6. The topological polar surface area (TPSA) is 77.1 Å². The average Bonchev–Trinajstić information content (AvgIpc) is 2.65. The molecule has 0 atom stereocenters. The van der Waals surface area contributed by atoms with Crippen molar-refractivity contribution in [1.82, 2.24) is 0 Å². The lowest BCUT2D eigenvalue weighted by atomic mass is 10.2. The van der Waals surface area contributed by atoms with Gasteiger partial charge in [0.05, 0.1) is 12.2 Å². The third-order valence-corrected chi connectivity index (χ3v) is 3.89. The summed E-state index contributed by atoms with van der Waals surface area (Å²) < 4.78 is 16.3. The molecule has 0 spiro atoms. The molecule has 0 aliphatic carbocycles. The van der Waals surface area contributed by atoms with Crippen molar-refractivity contribution in [2.24, 2.45) is 0 Å². The lowest BCUT2D eigenvalue weighted by Gasteiger charge is -2.29. The zero-order valence-electron chi connectivity index (χ0n) is 16.2. The van der Waals surface area contributed by atoms with E-state index in [0.29, 0.717) is 30.3 Å². The normalized spacial score (nSPS) is 13.2. The molecule has 2 aromatic carbocycles. The fourth-order valence-electron chi connectivity index (χ4n) is 2.70. The van der Waals surface area contributed by atoms with Gasteiger partial charge in [0.2, 0.25) is 0 Å². The number of amides is 2. The molecule has 28 heavy (non-hydrogen) atoms. The van der Waals surface area contributed by atoms with Crippen LogP contribution in [0.1, 0.15) is 26.3 Å². The van der Waals surface area contributed by atoms with Gasteiger partial charge in [-0.05, 0) is 44.5 Å². The third kappa shape index (κ3) is 5.16. The van der Waals surface area contributed by atoms with Gasteiger partial charge >= 0.3 is 12.2 Å². The Hall–Kier alpha value is -3.22. The first-order chi connectivity index (χ1) is 13.3. The summed E-state index contributed by atoms with van der Waals surface area (Å²) in [6.07, 6.45) is -1.04. The van der Waals surface area contributed by atoms with Crippen molar-refractivity contribution in [3.63, 3.8) is 0 Å². The molecule has 0 saturated carbocycles. The molecule has 1 N–H and O–H groups in total. The molecule has 1 heterocycles. The summed E-state index contributed by atoms with van der Waals surface area (Å²) in [6.45, 7) is 6.28. The Morgan fingerprint density at radius 3 is 2.61 bits per heavy atom. The van der Waals surface area contributed by atoms with Crippen LogP contribution in [0.5, 0.6) is 5.75 Å². The maximum atomic E-state index is 12.6. The van der Waals surface area contributed by atoms with Crippen molar-refractivity contribution < 1.29 is 23.8 Å². The van der Waals surface area contributed by atoms with Crippen molar-refractivity contribution in [2.75, 3.05) is 23.4 Å². The molecule has 1 aliphatic rings. The number of anilines is 2. The number of nitrogens with one attached hydrogen (secondary N) is 1. The number of benzene rings is 2. The number of carbonyl (C=O) groups is 2. The monoisotopic (exact) mass is 384 g/mol. The number of rotatable bonds is 3. The molecular weight excluding hydrogens is 360 g/mol. The molecule has 3 rings (SSSR count). The van der Waals surface area contributed by atoms with Crippen LogP contribution >= 0.6 is 0 Å². The van der Waals surface area contributed by atoms with E-state index < -0.39 is 17.8 Å². The van der Waals surface area contributed by atoms with Crippen LogP contribution in [0.2, 0.25) is 0 Å². The van der Waals surface area contributed by atoms with Crippen LogP contribution in [0, 0.1) is 0 Å². The van der Waals surface area contributed by atoms with Gasteiger partial charge in [-0.15, -0.1) is 0 Å². The second kappa shape index (κ2) is 8.21. The molecule has 0 fully saturated rings. The Kier molecular flexibility index (Phi) is 5.73. The minimum atomic E-state index is -0.602. The minimum absolute atomic E-state index is 0.183. The highest BCUT2D eigenvalue weighted by molar-refractivity contribution is 5.93. The van der Waals surface area contributed by atoms with E-state index in [-0.39, 0.29) is 6.61 Å². The van der Waals surface area contributed by atoms with Crippen molar-refractivity contribution >= 4 is 23.6 Å². The summed E-state index contributed by atoms with van der Waals surface area (Å²) in [5.41, 5.74) is 1.34. The summed E-state index contributed by atoms with van der Waals surface area (Å²) >= 11 is 0. The van der Waals surface area contributed by atoms with Gasteiger partial charge in [-0.2, -0.15) is 0 Å². The van der Waals surface area contributed by atoms with Gasteiger partial charge in [-0.1, -0.05) is 30.3 Å². The largest absolute Gasteiger partial charge is 0.490 e. The highest BCUT2D eigenvalue weighted by atomic mass is 16.6. The van der Waals surface area contributed by atoms with E-state index in [1.54, 1.807) is 39.0 Å². The second-order valence-electron chi connectivity index (χ2n) is 7.35. The van der Waals surface area contributed by atoms with Crippen molar-refractivity contribution in [1.29, 1.82) is 0 Å². The summed E-state index contributed by atoms with van der Waals surface area (Å²) in [5.74, 6) is 0.553. The number of carbonyl (C=O) groups excluding carboxylic acids is 2. The standard InChI is InChI=1S/C21H24N2O5/c1-21(2,3)28-19(24)22-16-9-10-18-17(13-16)23(11-12-26-18)20(25)27-14-15-7-5-4-6-8-15/h4-10,13H,11-12,14H2,1-3H3,(H,22,24). The Labute approximate surface area is 164 Å². The number of hydrogen-bond donors (Lipinski definition) is 1. The van der Waals surface area contributed by atoms with Gasteiger partial charge in [0.15, 0.2) is 0 Å². The van der Waals surface area contributed by atoms with Crippen molar-refractivity contribution in [3.05, 3.63) is 54.1 Å². The molecule has 0 radical (unpaired) electrons. The van der Waals surface area contributed by atoms with Gasteiger partial charge in [0, 0.05) is 5.69 Å². The molecule has 0 bridgehead atoms. The van der Waals surface area contributed by atoms with Crippen molar-refractivity contribution in [2.45, 2.75) is 33.0 Å². The van der Waals surface area contributed by atoms with Crippen LogP contribution < -0.4 is 15.0 Å². The lowest BCUT2D eigenvalue weighted by Crippen LogP contribution is -2.38. The molecule has 2 amide bonds. The predicted octanol–water partition coefficient (Wildman–Crippen LogP) is 4.57. The molecule has 7 heteroatoms. The van der Waals surface area contributed by atoms with E-state index in [1.165, 1.54) is 4.90 Å². The first-order valence-corrected chi connectivity index (χ1v) is 9.07. The molecule has 2 aromatic rings. The van der Waals surface area contributed by atoms with E-state index in [9.17, 15) is 9.59 Å². The SMILES string of the molecule is CC(C)(C)OC(=O)Nc1ccc2c(c1)N(C(=O)OCc1ccccc1)CCO2. The van der Waals surface area contributed by atoms with Crippen LogP contribution in [0.4, 0.5) is 21.0 Å². The van der Waals surface area contributed by atoms with Gasteiger partial charge in [-0.25, -0.2) is 9.59 Å². The number of hydrogen-bond acceptors (Lipinski definition) is 5. The van der Waals surface area contributed by atoms with E-state index in [2.05, 4.69) is 5.32 Å². The Balaban J connectivity index is 1.71. The highest BCUT2D eigenvalue weighted by Gasteiger charge is 2.26. The quantitative estimate of drug-likeness (QED) is 0.839. The predicted molar refractivity (Wildman–Crippen MR) is 106 cm³/mol. The molecule has 148 valence electrons. The van der Waals surface area contributed by atoms with Crippen molar-refractivity contribution in [3.8, 4) is 5.75 Å². The minimum Gasteiger partial charge on any atom is -0.490 e. The van der Waals surface area contributed by atoms with Crippen LogP contribution in [0.3, 0.4) is 0 Å². The first-order valence-electron chi connectivity index (χ1n) is 9.07. The Morgan fingerprint density at radius 1 is 1.14 bits per heavy atom. The smallest absolute Gasteiger partial charge is 0.414 e. The highest BCUT2D eigenvalue weighted by Crippen LogP contribution is 2.34. The van der Waals surface area contributed by atoms with Gasteiger partial charge in [0.25, 0.3) is 0 Å². The summed E-state index contributed by atoms with van der Waals surface area (Å²) in [4.78, 5) is 26.1. The van der Waals surface area contributed by atoms with E-state index in [1.807, 2.05) is 30.3 Å². The van der Waals surface area contributed by atoms with Gasteiger partial charge in [0.1, 0.15) is 24.6 Å². The number of nitrogens with zero attached hydrogens (tertiary/aromatic N) is 1. The molecule has 0 aromatic heterocycles. The molecule has 7 nitrogen and oxygen atoms in total. The maximum Gasteiger partial charge on any atom is 0.414 e. The molecule has 0 saturated heterocycles. The number of ether oxygens (including phenoxy) is 3. The molecule has 0 unspecified atom stereocenters. The third-order valence-electron chi connectivity index (χ3n) is 3.89. The lowest BCUT2D eigenvalue weighted by molar-refractivity contribution is 0.0636. The van der Waals surface area contributed by atoms with Crippen LogP contribution in [0.15, 0.2) is 48.5 Å². The molecule has 1 aliphatic heterocycles. The van der Waals surface area contributed by atoms with E-state index in [0.717, 1.165) is 5.56 Å². The van der Waals surface area contributed by atoms with Crippen LogP contribution in [-0.2, 0) is 16.1 Å². The molecular formula is C21H24N2O5. The summed E-state index contributed by atoms with van der Waals surface area (Å²) in [6, 6.07) is 14.5. The average molecular weight is 384 g/mol. The summed E-state index contributed by atoms with van der Waals surface area (Å²) in [5, 5.41) is 2.67. The van der Waals surface area contributed by atoms with E-state index in [4.69, 9.17) is 14.2 Å². The Bertz CT molecular complexity index is 846. The Morgan fingerprint density at radius 2 is 1.89 bits per heavy atom. The fraction of sp³-hybridized carbons (Fsp3) is 0.333. The first kappa shape index (κ1) is 19.5. The summed E-state index contributed by atoms with van der Waals surface area (Å²) in [7, 11) is 0. The van der Waals surface area contributed by atoms with E-state index >= 15 is 0 Å². The van der Waals surface area contributed by atoms with Gasteiger partial charge < -0.3 is 14.2 Å². The van der Waals surface area contributed by atoms with Crippen LogP contribution in [-0.4, -0.2) is 30.9 Å².